The van der Waals surface area contributed by atoms with Gasteiger partial charge in [0.15, 0.2) is 0 Å². The number of hydrogen-bond acceptors (Lipinski definition) is 5. The summed E-state index contributed by atoms with van der Waals surface area (Å²) in [6.07, 6.45) is 70.3. The van der Waals surface area contributed by atoms with Crippen LogP contribution < -0.4 is 5.32 Å². The smallest absolute Gasteiger partial charge is 0.305 e. The van der Waals surface area contributed by atoms with Crippen LogP contribution in [-0.4, -0.2) is 47.4 Å². The maximum absolute atomic E-state index is 12.4. The van der Waals surface area contributed by atoms with Crippen LogP contribution in [0.2, 0.25) is 0 Å². The van der Waals surface area contributed by atoms with Gasteiger partial charge in [0, 0.05) is 12.8 Å². The Morgan fingerprint density at radius 3 is 1.06 bits per heavy atom. The van der Waals surface area contributed by atoms with Crippen molar-refractivity contribution in [3.63, 3.8) is 0 Å². The minimum absolute atomic E-state index is 0.00578. The van der Waals surface area contributed by atoms with E-state index in [-0.39, 0.29) is 18.5 Å². The lowest BCUT2D eigenvalue weighted by molar-refractivity contribution is -0.143. The molecule has 0 aliphatic rings. The third-order valence-electron chi connectivity index (χ3n) is 13.6. The van der Waals surface area contributed by atoms with E-state index < -0.39 is 12.1 Å². The number of nitrogens with one attached hydrogen (secondary N) is 1. The quantitative estimate of drug-likeness (QED) is 0.0321. The van der Waals surface area contributed by atoms with E-state index in [1.165, 1.54) is 238 Å². The first kappa shape index (κ1) is 65.1. The van der Waals surface area contributed by atoms with Crippen LogP contribution in [0.25, 0.3) is 0 Å². The molecular weight excluding hydrogens is 827 g/mol. The number of carbonyl (C=O) groups is 2. The van der Waals surface area contributed by atoms with Crippen LogP contribution in [0.1, 0.15) is 316 Å². The number of ether oxygens (including phenoxy) is 1. The number of hydrogen-bond donors (Lipinski definition) is 3. The van der Waals surface area contributed by atoms with Gasteiger partial charge in [-0.25, -0.2) is 0 Å². The molecule has 2 atom stereocenters. The largest absolute Gasteiger partial charge is 0.466 e. The lowest BCUT2D eigenvalue weighted by atomic mass is 10.0. The lowest BCUT2D eigenvalue weighted by Crippen LogP contribution is -2.45. The van der Waals surface area contributed by atoms with Gasteiger partial charge in [-0.05, 0) is 83.5 Å². The lowest BCUT2D eigenvalue weighted by Gasteiger charge is -2.20. The van der Waals surface area contributed by atoms with Crippen LogP contribution in [-0.2, 0) is 14.3 Å². The fourth-order valence-electron chi connectivity index (χ4n) is 9.03. The summed E-state index contributed by atoms with van der Waals surface area (Å²) in [6, 6.07) is -0.632. The molecule has 6 nitrogen and oxygen atoms in total. The van der Waals surface area contributed by atoms with E-state index in [0.29, 0.717) is 19.4 Å². The third-order valence-corrected chi connectivity index (χ3v) is 13.6. The molecule has 2 unspecified atom stereocenters. The second kappa shape index (κ2) is 56.7. The first-order valence-corrected chi connectivity index (χ1v) is 29.8. The third kappa shape index (κ3) is 53.3. The van der Waals surface area contributed by atoms with Gasteiger partial charge in [0.1, 0.15) is 0 Å². The molecule has 0 saturated carbocycles. The Balaban J connectivity index is 3.41. The molecule has 0 spiro atoms. The minimum atomic E-state index is -0.847. The van der Waals surface area contributed by atoms with Crippen molar-refractivity contribution in [1.29, 1.82) is 0 Å². The van der Waals surface area contributed by atoms with Gasteiger partial charge in [-0.2, -0.15) is 0 Å². The Morgan fingerprint density at radius 2 is 0.701 bits per heavy atom. The number of carbonyl (C=O) groups excluding carboxylic acids is 2. The van der Waals surface area contributed by atoms with Crippen molar-refractivity contribution in [2.24, 2.45) is 0 Å². The Kier molecular flexibility index (Phi) is 55.0. The van der Waals surface area contributed by atoms with Crippen LogP contribution in [0.5, 0.6) is 0 Å². The first-order valence-electron chi connectivity index (χ1n) is 29.8. The molecule has 394 valence electrons. The van der Waals surface area contributed by atoms with E-state index in [0.717, 1.165) is 51.4 Å². The molecule has 67 heavy (non-hydrogen) atoms. The Morgan fingerprint density at radius 1 is 0.403 bits per heavy atom. The molecule has 0 heterocycles. The van der Waals surface area contributed by atoms with Crippen LogP contribution in [0.4, 0.5) is 0 Å². The molecule has 0 aliphatic carbocycles. The zero-order valence-electron chi connectivity index (χ0n) is 44.9. The first-order chi connectivity index (χ1) is 33.0. The predicted molar refractivity (Wildman–Crippen MR) is 292 cm³/mol. The molecule has 0 fully saturated rings. The topological polar surface area (TPSA) is 95.9 Å². The second-order valence-corrected chi connectivity index (χ2v) is 20.3. The van der Waals surface area contributed by atoms with E-state index in [1.54, 1.807) is 6.08 Å². The molecule has 0 rings (SSSR count). The Bertz CT molecular complexity index is 1090. The zero-order valence-corrected chi connectivity index (χ0v) is 44.9. The summed E-state index contributed by atoms with van der Waals surface area (Å²) >= 11 is 0. The highest BCUT2D eigenvalue weighted by atomic mass is 16.5. The zero-order chi connectivity index (χ0) is 48.6. The van der Waals surface area contributed by atoms with Gasteiger partial charge in [-0.15, -0.1) is 0 Å². The van der Waals surface area contributed by atoms with Gasteiger partial charge in [-0.3, -0.25) is 9.59 Å². The number of unbranched alkanes of at least 4 members (excludes halogenated alkanes) is 40. The molecule has 3 N–H and O–H groups in total. The van der Waals surface area contributed by atoms with E-state index in [9.17, 15) is 19.8 Å². The van der Waals surface area contributed by atoms with Gasteiger partial charge in [0.2, 0.25) is 5.91 Å². The summed E-state index contributed by atoms with van der Waals surface area (Å²) in [4.78, 5) is 24.5. The molecule has 0 bridgehead atoms. The maximum Gasteiger partial charge on any atom is 0.305 e. The normalized spacial score (nSPS) is 12.8. The molecular formula is C61H115NO5. The Hall–Kier alpha value is -1.92. The van der Waals surface area contributed by atoms with Crippen LogP contribution in [0.15, 0.2) is 36.5 Å². The number of allylic oxidation sites excluding steroid dienone is 5. The molecule has 0 aromatic carbocycles. The van der Waals surface area contributed by atoms with Crippen molar-refractivity contribution in [2.75, 3.05) is 13.2 Å². The van der Waals surface area contributed by atoms with Crippen molar-refractivity contribution in [3.8, 4) is 0 Å². The van der Waals surface area contributed by atoms with Crippen LogP contribution >= 0.6 is 0 Å². The van der Waals surface area contributed by atoms with Crippen molar-refractivity contribution in [3.05, 3.63) is 36.5 Å². The van der Waals surface area contributed by atoms with Crippen LogP contribution in [0.3, 0.4) is 0 Å². The van der Waals surface area contributed by atoms with Gasteiger partial charge >= 0.3 is 5.97 Å². The van der Waals surface area contributed by atoms with Crippen LogP contribution in [0, 0.1) is 0 Å². The average Bonchev–Trinajstić information content (AvgIpc) is 3.33. The summed E-state index contributed by atoms with van der Waals surface area (Å²) in [7, 11) is 0. The number of amides is 1. The highest BCUT2D eigenvalue weighted by Gasteiger charge is 2.18. The number of esters is 1. The van der Waals surface area contributed by atoms with E-state index in [4.69, 9.17) is 4.74 Å². The van der Waals surface area contributed by atoms with Gasteiger partial charge in [0.05, 0.1) is 25.4 Å². The fourth-order valence-corrected chi connectivity index (χ4v) is 9.03. The van der Waals surface area contributed by atoms with Gasteiger partial charge in [-0.1, -0.05) is 256 Å². The fraction of sp³-hybridized carbons (Fsp3) is 0.869. The standard InChI is InChI=1S/C61H115NO5/c1-3-5-7-9-11-13-15-16-17-24-28-31-35-39-43-47-51-55-61(66)67-56-52-48-44-40-36-32-29-26-23-21-19-18-20-22-25-27-30-34-38-42-46-50-54-60(65)62-58(57-63)59(64)53-49-45-41-37-33-14-12-10-8-6-4-2/h16-17,20,22,49,53,58-59,63-64H,3-15,18-19,21,23-48,50-52,54-57H2,1-2H3,(H,62,65)/b17-16-,22-20-,53-49+. The summed E-state index contributed by atoms with van der Waals surface area (Å²) in [6.45, 7) is 4.88. The number of rotatable bonds is 55. The van der Waals surface area contributed by atoms with E-state index in [2.05, 4.69) is 43.5 Å². The second-order valence-electron chi connectivity index (χ2n) is 20.3. The summed E-state index contributed by atoms with van der Waals surface area (Å²) in [5, 5.41) is 23.0. The minimum Gasteiger partial charge on any atom is -0.466 e. The summed E-state index contributed by atoms with van der Waals surface area (Å²) < 4.78 is 5.49. The highest BCUT2D eigenvalue weighted by molar-refractivity contribution is 5.76. The molecule has 0 aromatic rings. The van der Waals surface area contributed by atoms with Crippen molar-refractivity contribution in [1.82, 2.24) is 5.32 Å². The molecule has 0 aromatic heterocycles. The van der Waals surface area contributed by atoms with Gasteiger partial charge < -0.3 is 20.3 Å². The monoisotopic (exact) mass is 942 g/mol. The van der Waals surface area contributed by atoms with Crippen molar-refractivity contribution in [2.45, 2.75) is 328 Å². The van der Waals surface area contributed by atoms with Gasteiger partial charge in [0.25, 0.3) is 0 Å². The highest BCUT2D eigenvalue weighted by Crippen LogP contribution is 2.16. The maximum atomic E-state index is 12.4. The Labute approximate surface area is 417 Å². The van der Waals surface area contributed by atoms with Crippen molar-refractivity contribution < 1.29 is 24.5 Å². The molecule has 0 aliphatic heterocycles. The van der Waals surface area contributed by atoms with E-state index in [1.807, 2.05) is 6.08 Å². The molecule has 0 radical (unpaired) electrons. The molecule has 0 saturated heterocycles. The average molecular weight is 943 g/mol. The SMILES string of the molecule is CCCCCCCC/C=C\CCCCCCCCCC(=O)OCCCCCCCCCCCCC/C=C\CCCCCCCCCC(=O)NC(CO)C(O)/C=C/CCCCCCCCCCC. The summed E-state index contributed by atoms with van der Waals surface area (Å²) in [5.74, 6) is -0.0705. The predicted octanol–water partition coefficient (Wildman–Crippen LogP) is 18.4. The molecule has 1 amide bonds. The van der Waals surface area contributed by atoms with Crippen molar-refractivity contribution >= 4 is 11.9 Å². The van der Waals surface area contributed by atoms with E-state index >= 15 is 0 Å². The number of aliphatic hydroxyl groups is 2. The summed E-state index contributed by atoms with van der Waals surface area (Å²) in [5.41, 5.74) is 0. The molecule has 6 heteroatoms. The number of aliphatic hydroxyl groups excluding tert-OH is 2.